The van der Waals surface area contributed by atoms with Gasteiger partial charge in [0.2, 0.25) is 0 Å². The molecule has 0 radical (unpaired) electrons. The molecule has 2 rings (SSSR count). The number of carbonyl (C=O) groups is 1. The van der Waals surface area contributed by atoms with Crippen molar-refractivity contribution in [1.82, 2.24) is 4.98 Å². The Balaban J connectivity index is 2.28. The Kier molecular flexibility index (Phi) is 4.08. The number of alkyl halides is 3. The predicted molar refractivity (Wildman–Crippen MR) is 68.5 cm³/mol. The van der Waals surface area contributed by atoms with Gasteiger partial charge in [-0.1, -0.05) is 0 Å². The Bertz CT molecular complexity index is 629. The largest absolute Gasteiger partial charge is 0.573 e. The van der Waals surface area contributed by atoms with Gasteiger partial charge >= 0.3 is 6.36 Å². The molecule has 0 aliphatic heterocycles. The van der Waals surface area contributed by atoms with Gasteiger partial charge in [-0.2, -0.15) is 0 Å². The van der Waals surface area contributed by atoms with Crippen LogP contribution in [0.5, 0.6) is 5.75 Å². The maximum Gasteiger partial charge on any atom is 0.573 e. The molecule has 0 bridgehead atoms. The topological polar surface area (TPSA) is 39.2 Å². The minimum absolute atomic E-state index is 0.0507. The predicted octanol–water partition coefficient (Wildman–Crippen LogP) is 3.97. The molecule has 0 unspecified atom stereocenters. The summed E-state index contributed by atoms with van der Waals surface area (Å²) in [6.45, 7) is 0. The number of pyridine rings is 1. The third-order valence-corrected chi connectivity index (χ3v) is 2.98. The summed E-state index contributed by atoms with van der Waals surface area (Å²) in [4.78, 5) is 15.9. The molecule has 3 nitrogen and oxygen atoms in total. The molecule has 0 aliphatic carbocycles. The van der Waals surface area contributed by atoms with E-state index in [1.807, 2.05) is 0 Å². The number of hydrogen-bond donors (Lipinski definition) is 0. The fourth-order valence-electron chi connectivity index (χ4n) is 1.52. The van der Waals surface area contributed by atoms with Crippen LogP contribution in [0.4, 0.5) is 13.2 Å². The summed E-state index contributed by atoms with van der Waals surface area (Å²) < 4.78 is 40.2. The van der Waals surface area contributed by atoms with Crippen molar-refractivity contribution in [2.45, 2.75) is 6.36 Å². The van der Waals surface area contributed by atoms with Gasteiger partial charge in [-0.3, -0.25) is 9.78 Å². The van der Waals surface area contributed by atoms with Crippen molar-refractivity contribution < 1.29 is 22.7 Å². The molecule has 7 heteroatoms. The molecule has 0 N–H and O–H groups in total. The zero-order valence-electron chi connectivity index (χ0n) is 9.82. The molecule has 0 amide bonds. The van der Waals surface area contributed by atoms with Crippen LogP contribution in [0, 0.1) is 0 Å². The van der Waals surface area contributed by atoms with Crippen molar-refractivity contribution in [3.63, 3.8) is 0 Å². The normalized spacial score (nSPS) is 11.2. The fourth-order valence-corrected chi connectivity index (χ4v) is 1.98. The van der Waals surface area contributed by atoms with Gasteiger partial charge in [-0.05, 0) is 46.3 Å². The van der Waals surface area contributed by atoms with Crippen LogP contribution in [0.15, 0.2) is 47.2 Å². The van der Waals surface area contributed by atoms with Crippen LogP contribution in [0.3, 0.4) is 0 Å². The molecule has 1 heterocycles. The third kappa shape index (κ3) is 3.57. The van der Waals surface area contributed by atoms with Crippen LogP contribution in [0.2, 0.25) is 0 Å². The van der Waals surface area contributed by atoms with Gasteiger partial charge in [-0.15, -0.1) is 13.2 Å². The Morgan fingerprint density at radius 1 is 1.10 bits per heavy atom. The molecular formula is C13H7BrF3NO2. The lowest BCUT2D eigenvalue weighted by atomic mass is 10.0. The van der Waals surface area contributed by atoms with E-state index in [0.29, 0.717) is 5.56 Å². The van der Waals surface area contributed by atoms with E-state index in [0.717, 1.165) is 6.07 Å². The smallest absolute Gasteiger partial charge is 0.405 e. The van der Waals surface area contributed by atoms with Crippen LogP contribution in [-0.4, -0.2) is 17.1 Å². The molecule has 0 fully saturated rings. The molecule has 0 saturated heterocycles. The second-order valence-electron chi connectivity index (χ2n) is 3.76. The summed E-state index contributed by atoms with van der Waals surface area (Å²) in [5, 5.41) is 0. The molecule has 2 aromatic rings. The number of ether oxygens (including phenoxy) is 1. The number of nitrogens with zero attached hydrogens (tertiary/aromatic N) is 1. The van der Waals surface area contributed by atoms with E-state index in [1.165, 1.54) is 36.7 Å². The molecule has 0 atom stereocenters. The number of ketones is 1. The monoisotopic (exact) mass is 345 g/mol. The molecule has 0 saturated carbocycles. The van der Waals surface area contributed by atoms with Gasteiger partial charge in [0.1, 0.15) is 5.75 Å². The molecule has 0 aliphatic rings. The Morgan fingerprint density at radius 2 is 1.75 bits per heavy atom. The second-order valence-corrected chi connectivity index (χ2v) is 4.61. The fraction of sp³-hybridized carbons (Fsp3) is 0.0769. The van der Waals surface area contributed by atoms with Crippen LogP contribution in [-0.2, 0) is 0 Å². The van der Waals surface area contributed by atoms with Crippen molar-refractivity contribution in [1.29, 1.82) is 0 Å². The highest BCUT2D eigenvalue weighted by Crippen LogP contribution is 2.31. The van der Waals surface area contributed by atoms with Gasteiger partial charge in [0.15, 0.2) is 5.78 Å². The maximum atomic E-state index is 12.1. The van der Waals surface area contributed by atoms with Gasteiger partial charge in [0, 0.05) is 23.5 Å². The number of aromatic nitrogens is 1. The minimum atomic E-state index is -4.78. The zero-order valence-corrected chi connectivity index (χ0v) is 11.4. The van der Waals surface area contributed by atoms with Crippen molar-refractivity contribution in [3.05, 3.63) is 58.3 Å². The molecule has 1 aromatic carbocycles. The number of benzene rings is 1. The van der Waals surface area contributed by atoms with E-state index in [9.17, 15) is 18.0 Å². The standard InChI is InChI=1S/C13H7BrF3NO2/c14-10-7-9(1-2-11(10)20-13(15,16)17)12(19)8-3-5-18-6-4-8/h1-7H. The molecule has 104 valence electrons. The van der Waals surface area contributed by atoms with E-state index in [2.05, 4.69) is 25.7 Å². The van der Waals surface area contributed by atoms with Crippen molar-refractivity contribution in [2.24, 2.45) is 0 Å². The summed E-state index contributed by atoms with van der Waals surface area (Å²) >= 11 is 2.95. The highest BCUT2D eigenvalue weighted by molar-refractivity contribution is 9.10. The van der Waals surface area contributed by atoms with E-state index in [-0.39, 0.29) is 15.8 Å². The number of carbonyl (C=O) groups excluding carboxylic acids is 1. The minimum Gasteiger partial charge on any atom is -0.405 e. The Labute approximate surface area is 120 Å². The zero-order chi connectivity index (χ0) is 14.8. The summed E-state index contributed by atoms with van der Waals surface area (Å²) in [5.74, 6) is -0.713. The van der Waals surface area contributed by atoms with Crippen molar-refractivity contribution >= 4 is 21.7 Å². The number of rotatable bonds is 3. The van der Waals surface area contributed by atoms with Crippen molar-refractivity contribution in [3.8, 4) is 5.75 Å². The lowest BCUT2D eigenvalue weighted by Crippen LogP contribution is -2.17. The van der Waals surface area contributed by atoms with Gasteiger partial charge in [0.05, 0.1) is 4.47 Å². The van der Waals surface area contributed by atoms with E-state index >= 15 is 0 Å². The first kappa shape index (κ1) is 14.5. The number of halogens is 4. The lowest BCUT2D eigenvalue weighted by Gasteiger charge is -2.11. The number of hydrogen-bond acceptors (Lipinski definition) is 3. The van der Waals surface area contributed by atoms with Crippen LogP contribution >= 0.6 is 15.9 Å². The van der Waals surface area contributed by atoms with Crippen LogP contribution < -0.4 is 4.74 Å². The van der Waals surface area contributed by atoms with Gasteiger partial charge in [-0.25, -0.2) is 0 Å². The van der Waals surface area contributed by atoms with E-state index < -0.39 is 12.1 Å². The average Bonchev–Trinajstić information content (AvgIpc) is 2.40. The molecule has 1 aromatic heterocycles. The summed E-state index contributed by atoms with van der Waals surface area (Å²) in [6.07, 6.45) is -1.86. The maximum absolute atomic E-state index is 12.1. The summed E-state index contributed by atoms with van der Waals surface area (Å²) in [6, 6.07) is 6.69. The van der Waals surface area contributed by atoms with Crippen molar-refractivity contribution in [2.75, 3.05) is 0 Å². The van der Waals surface area contributed by atoms with E-state index in [4.69, 9.17) is 0 Å². The molecule has 20 heavy (non-hydrogen) atoms. The average molecular weight is 346 g/mol. The summed E-state index contributed by atoms with van der Waals surface area (Å²) in [7, 11) is 0. The first-order chi connectivity index (χ1) is 9.37. The molecular weight excluding hydrogens is 339 g/mol. The Hall–Kier alpha value is -1.89. The first-order valence-corrected chi connectivity index (χ1v) is 6.16. The third-order valence-electron chi connectivity index (χ3n) is 2.36. The first-order valence-electron chi connectivity index (χ1n) is 5.37. The highest BCUT2D eigenvalue weighted by atomic mass is 79.9. The Morgan fingerprint density at radius 3 is 2.30 bits per heavy atom. The van der Waals surface area contributed by atoms with E-state index in [1.54, 1.807) is 0 Å². The van der Waals surface area contributed by atoms with Crippen LogP contribution in [0.1, 0.15) is 15.9 Å². The molecule has 0 spiro atoms. The lowest BCUT2D eigenvalue weighted by molar-refractivity contribution is -0.274. The summed E-state index contributed by atoms with van der Waals surface area (Å²) in [5.41, 5.74) is 0.647. The van der Waals surface area contributed by atoms with Gasteiger partial charge < -0.3 is 4.74 Å². The highest BCUT2D eigenvalue weighted by Gasteiger charge is 2.32. The van der Waals surface area contributed by atoms with Crippen LogP contribution in [0.25, 0.3) is 0 Å². The quantitative estimate of drug-likeness (QED) is 0.790. The second kappa shape index (κ2) is 5.62. The van der Waals surface area contributed by atoms with Gasteiger partial charge in [0.25, 0.3) is 0 Å². The SMILES string of the molecule is O=C(c1ccncc1)c1ccc(OC(F)(F)F)c(Br)c1.